The average molecular weight is 324 g/mol. The Balaban J connectivity index is 1.69. The molecule has 1 aliphatic heterocycles. The molecule has 1 aromatic carbocycles. The molecule has 2 aromatic rings. The predicted molar refractivity (Wildman–Crippen MR) is 96.1 cm³/mol. The van der Waals surface area contributed by atoms with Crippen LogP contribution in [0.1, 0.15) is 29.4 Å². The molecule has 2 heterocycles. The summed E-state index contributed by atoms with van der Waals surface area (Å²) in [6.07, 6.45) is 0.939. The maximum absolute atomic E-state index is 12.4. The van der Waals surface area contributed by atoms with Crippen molar-refractivity contribution in [3.8, 4) is 0 Å². The van der Waals surface area contributed by atoms with Gasteiger partial charge in [-0.05, 0) is 45.0 Å². The average Bonchev–Trinajstić information content (AvgIpc) is 2.91. The number of pyridine rings is 1. The van der Waals surface area contributed by atoms with E-state index in [1.54, 1.807) is 0 Å². The van der Waals surface area contributed by atoms with Gasteiger partial charge in [-0.15, -0.1) is 0 Å². The van der Waals surface area contributed by atoms with Crippen molar-refractivity contribution in [2.75, 3.05) is 18.9 Å². The van der Waals surface area contributed by atoms with Crippen molar-refractivity contribution >= 4 is 11.7 Å². The first-order valence-electron chi connectivity index (χ1n) is 8.31. The van der Waals surface area contributed by atoms with Crippen molar-refractivity contribution in [1.82, 2.24) is 15.2 Å². The number of hydrogen-bond acceptors (Lipinski definition) is 3. The van der Waals surface area contributed by atoms with Crippen LogP contribution in [0.4, 0.5) is 10.5 Å². The molecular weight excluding hydrogens is 300 g/mol. The lowest BCUT2D eigenvalue weighted by molar-refractivity contribution is 0.240. The fourth-order valence-corrected chi connectivity index (χ4v) is 3.38. The standard InChI is InChI=1S/C19H24N4O/c1-13-9-10-16(14(2)20-13)21-19(24)22-17-11-12-23(3)18(17)15-7-5-4-6-8-15/h4-10,17-18H,11-12H2,1-3H3,(H2,21,22,24)/t17-,18+/m0/s1. The van der Waals surface area contributed by atoms with Gasteiger partial charge in [0.25, 0.3) is 0 Å². The molecule has 1 saturated heterocycles. The zero-order valence-corrected chi connectivity index (χ0v) is 14.4. The van der Waals surface area contributed by atoms with Crippen molar-refractivity contribution in [1.29, 1.82) is 0 Å². The lowest BCUT2D eigenvalue weighted by Gasteiger charge is -2.26. The monoisotopic (exact) mass is 324 g/mol. The van der Waals surface area contributed by atoms with Gasteiger partial charge in [-0.2, -0.15) is 0 Å². The molecule has 0 bridgehead atoms. The Bertz CT molecular complexity index is 717. The van der Waals surface area contributed by atoms with Crippen LogP contribution in [0.15, 0.2) is 42.5 Å². The van der Waals surface area contributed by atoms with E-state index in [4.69, 9.17) is 0 Å². The van der Waals surface area contributed by atoms with Crippen LogP contribution >= 0.6 is 0 Å². The summed E-state index contributed by atoms with van der Waals surface area (Å²) in [7, 11) is 2.10. The zero-order valence-electron chi connectivity index (χ0n) is 14.4. The van der Waals surface area contributed by atoms with Crippen LogP contribution in [0.25, 0.3) is 0 Å². The first-order chi connectivity index (χ1) is 11.5. The Labute approximate surface area is 143 Å². The minimum absolute atomic E-state index is 0.0936. The molecule has 2 atom stereocenters. The van der Waals surface area contributed by atoms with Crippen LogP contribution in [-0.2, 0) is 0 Å². The van der Waals surface area contributed by atoms with Gasteiger partial charge in [0.2, 0.25) is 0 Å². The number of nitrogens with one attached hydrogen (secondary N) is 2. The molecule has 2 amide bonds. The molecule has 126 valence electrons. The largest absolute Gasteiger partial charge is 0.333 e. The number of hydrogen-bond donors (Lipinski definition) is 2. The topological polar surface area (TPSA) is 57.3 Å². The Hall–Kier alpha value is -2.40. The van der Waals surface area contributed by atoms with E-state index in [0.29, 0.717) is 0 Å². The quantitative estimate of drug-likeness (QED) is 0.911. The van der Waals surface area contributed by atoms with E-state index in [2.05, 4.69) is 39.7 Å². The van der Waals surface area contributed by atoms with Gasteiger partial charge in [0.1, 0.15) is 0 Å². The van der Waals surface area contributed by atoms with Gasteiger partial charge in [0.15, 0.2) is 0 Å². The second kappa shape index (κ2) is 7.01. The summed E-state index contributed by atoms with van der Waals surface area (Å²) in [5, 5.41) is 6.05. The molecule has 3 rings (SSSR count). The Kier molecular flexibility index (Phi) is 4.81. The second-order valence-electron chi connectivity index (χ2n) is 6.42. The Morgan fingerprint density at radius 3 is 2.62 bits per heavy atom. The van der Waals surface area contributed by atoms with Crippen molar-refractivity contribution in [2.24, 2.45) is 0 Å². The van der Waals surface area contributed by atoms with Crippen molar-refractivity contribution in [3.05, 3.63) is 59.4 Å². The number of rotatable bonds is 3. The number of urea groups is 1. The first-order valence-corrected chi connectivity index (χ1v) is 8.31. The summed E-state index contributed by atoms with van der Waals surface area (Å²) >= 11 is 0. The molecule has 5 nitrogen and oxygen atoms in total. The number of likely N-dealkylation sites (tertiary alicyclic amines) is 1. The van der Waals surface area contributed by atoms with Crippen molar-refractivity contribution in [2.45, 2.75) is 32.4 Å². The zero-order chi connectivity index (χ0) is 17.1. The summed E-state index contributed by atoms with van der Waals surface area (Å²) in [4.78, 5) is 19.1. The number of amides is 2. The minimum atomic E-state index is -0.176. The van der Waals surface area contributed by atoms with E-state index in [-0.39, 0.29) is 18.1 Å². The van der Waals surface area contributed by atoms with Gasteiger partial charge in [0, 0.05) is 12.2 Å². The molecule has 1 aromatic heterocycles. The Morgan fingerprint density at radius 2 is 1.92 bits per heavy atom. The predicted octanol–water partition coefficient (Wildman–Crippen LogP) is 3.27. The summed E-state index contributed by atoms with van der Waals surface area (Å²) in [5.74, 6) is 0. The molecule has 0 unspecified atom stereocenters. The van der Waals surface area contributed by atoms with Crippen LogP contribution in [0, 0.1) is 13.8 Å². The van der Waals surface area contributed by atoms with Gasteiger partial charge in [-0.25, -0.2) is 4.79 Å². The first kappa shape index (κ1) is 16.5. The van der Waals surface area contributed by atoms with E-state index in [1.807, 2.05) is 44.2 Å². The summed E-state index contributed by atoms with van der Waals surface area (Å²) < 4.78 is 0. The molecule has 24 heavy (non-hydrogen) atoms. The van der Waals surface area contributed by atoms with Gasteiger partial charge in [-0.3, -0.25) is 9.88 Å². The molecule has 0 radical (unpaired) electrons. The van der Waals surface area contributed by atoms with Crippen LogP contribution in [0.2, 0.25) is 0 Å². The number of anilines is 1. The SMILES string of the molecule is Cc1ccc(NC(=O)N[C@H]2CCN(C)[C@@H]2c2ccccc2)c(C)n1. The van der Waals surface area contributed by atoms with Gasteiger partial charge in [0.05, 0.1) is 23.5 Å². The van der Waals surface area contributed by atoms with E-state index in [0.717, 1.165) is 30.0 Å². The molecule has 2 N–H and O–H groups in total. The van der Waals surface area contributed by atoms with Crippen LogP contribution in [-0.4, -0.2) is 35.5 Å². The molecule has 5 heteroatoms. The lowest BCUT2D eigenvalue weighted by atomic mass is 10.0. The maximum Gasteiger partial charge on any atom is 0.319 e. The third-order valence-electron chi connectivity index (χ3n) is 4.58. The number of aryl methyl sites for hydroxylation is 2. The van der Waals surface area contributed by atoms with Crippen molar-refractivity contribution in [3.63, 3.8) is 0 Å². The van der Waals surface area contributed by atoms with E-state index < -0.39 is 0 Å². The normalized spacial score (nSPS) is 20.8. The van der Waals surface area contributed by atoms with E-state index in [1.165, 1.54) is 5.56 Å². The van der Waals surface area contributed by atoms with E-state index in [9.17, 15) is 4.79 Å². The number of benzene rings is 1. The summed E-state index contributed by atoms with van der Waals surface area (Å²) in [5.41, 5.74) is 3.75. The fraction of sp³-hybridized carbons (Fsp3) is 0.368. The number of nitrogens with zero attached hydrogens (tertiary/aromatic N) is 2. The third kappa shape index (κ3) is 3.57. The van der Waals surface area contributed by atoms with Gasteiger partial charge >= 0.3 is 6.03 Å². The maximum atomic E-state index is 12.4. The number of aromatic nitrogens is 1. The molecule has 1 aliphatic rings. The molecule has 0 aliphatic carbocycles. The third-order valence-corrected chi connectivity index (χ3v) is 4.58. The van der Waals surface area contributed by atoms with Crippen LogP contribution in [0.3, 0.4) is 0 Å². The van der Waals surface area contributed by atoms with Crippen molar-refractivity contribution < 1.29 is 4.79 Å². The lowest BCUT2D eigenvalue weighted by Crippen LogP contribution is -2.41. The highest BCUT2D eigenvalue weighted by molar-refractivity contribution is 5.90. The summed E-state index contributed by atoms with van der Waals surface area (Å²) in [6.45, 7) is 4.81. The second-order valence-corrected chi connectivity index (χ2v) is 6.42. The summed E-state index contributed by atoms with van der Waals surface area (Å²) in [6, 6.07) is 14.3. The highest BCUT2D eigenvalue weighted by Crippen LogP contribution is 2.30. The smallest absolute Gasteiger partial charge is 0.319 e. The Morgan fingerprint density at radius 1 is 1.17 bits per heavy atom. The van der Waals surface area contributed by atoms with Crippen LogP contribution < -0.4 is 10.6 Å². The van der Waals surface area contributed by atoms with E-state index >= 15 is 0 Å². The fourth-order valence-electron chi connectivity index (χ4n) is 3.38. The van der Waals surface area contributed by atoms with Gasteiger partial charge < -0.3 is 10.6 Å². The highest BCUT2D eigenvalue weighted by atomic mass is 16.2. The number of likely N-dealkylation sites (N-methyl/N-ethyl adjacent to an activating group) is 1. The number of carbonyl (C=O) groups is 1. The molecule has 1 fully saturated rings. The van der Waals surface area contributed by atoms with Crippen LogP contribution in [0.5, 0.6) is 0 Å². The minimum Gasteiger partial charge on any atom is -0.333 e. The molecule has 0 spiro atoms. The molecule has 0 saturated carbocycles. The highest BCUT2D eigenvalue weighted by Gasteiger charge is 2.33. The number of carbonyl (C=O) groups excluding carboxylic acids is 1. The van der Waals surface area contributed by atoms with Gasteiger partial charge in [-0.1, -0.05) is 30.3 Å². The molecular formula is C19H24N4O.